The molecular formula is C14H22O5S2. The van der Waals surface area contributed by atoms with Gasteiger partial charge < -0.3 is 4.74 Å². The quantitative estimate of drug-likeness (QED) is 0.345. The first-order valence-corrected chi connectivity index (χ1v) is 8.89. The highest BCUT2D eigenvalue weighted by Gasteiger charge is 2.10. The van der Waals surface area contributed by atoms with Crippen molar-refractivity contribution >= 4 is 45.7 Å². The van der Waals surface area contributed by atoms with E-state index in [1.54, 1.807) is 0 Å². The summed E-state index contributed by atoms with van der Waals surface area (Å²) in [4.78, 5) is 44.1. The highest BCUT2D eigenvalue weighted by molar-refractivity contribution is 8.13. The Kier molecular flexibility index (Phi) is 12.4. The summed E-state index contributed by atoms with van der Waals surface area (Å²) < 4.78 is 4.68. The van der Waals surface area contributed by atoms with E-state index in [1.807, 2.05) is 0 Å². The molecule has 0 aliphatic carbocycles. The lowest BCUT2D eigenvalue weighted by Crippen LogP contribution is -2.12. The lowest BCUT2D eigenvalue weighted by molar-refractivity contribution is -0.159. The van der Waals surface area contributed by atoms with Crippen molar-refractivity contribution in [3.05, 3.63) is 0 Å². The van der Waals surface area contributed by atoms with Crippen molar-refractivity contribution in [3.63, 3.8) is 0 Å². The standard InChI is InChI=1S/C14H22O5S2/c1-11(15)20-9-5-3-7-13(17)19-14(18)8-4-6-10-21-12(2)16/h3-10H2,1-2H3. The molecular weight excluding hydrogens is 312 g/mol. The first-order chi connectivity index (χ1) is 9.91. The molecule has 0 fully saturated rings. The minimum atomic E-state index is -0.508. The van der Waals surface area contributed by atoms with Gasteiger partial charge in [-0.2, -0.15) is 0 Å². The van der Waals surface area contributed by atoms with Gasteiger partial charge in [0.2, 0.25) is 0 Å². The third-order valence-corrected chi connectivity index (χ3v) is 4.19. The first-order valence-electron chi connectivity index (χ1n) is 6.92. The number of esters is 2. The zero-order chi connectivity index (χ0) is 16.1. The van der Waals surface area contributed by atoms with Gasteiger partial charge in [0.1, 0.15) is 0 Å². The van der Waals surface area contributed by atoms with Gasteiger partial charge in [0.25, 0.3) is 0 Å². The molecule has 0 radical (unpaired) electrons. The Hall–Kier alpha value is -0.820. The third-order valence-electron chi connectivity index (χ3n) is 2.39. The van der Waals surface area contributed by atoms with Gasteiger partial charge in [-0.15, -0.1) is 0 Å². The van der Waals surface area contributed by atoms with Gasteiger partial charge in [0.15, 0.2) is 10.2 Å². The highest BCUT2D eigenvalue weighted by Crippen LogP contribution is 2.09. The molecule has 0 spiro atoms. The summed E-state index contributed by atoms with van der Waals surface area (Å²) in [5.74, 6) is 0.353. The minimum absolute atomic E-state index is 0.0655. The average molecular weight is 334 g/mol. The molecule has 0 N–H and O–H groups in total. The van der Waals surface area contributed by atoms with Crippen LogP contribution in [-0.4, -0.2) is 33.7 Å². The average Bonchev–Trinajstić information content (AvgIpc) is 2.37. The fourth-order valence-electron chi connectivity index (χ4n) is 1.40. The SMILES string of the molecule is CC(=O)SCCCCC(=O)OC(=O)CCCCSC(C)=O. The summed E-state index contributed by atoms with van der Waals surface area (Å²) in [6, 6.07) is 0. The summed E-state index contributed by atoms with van der Waals surface area (Å²) in [7, 11) is 0. The summed E-state index contributed by atoms with van der Waals surface area (Å²) in [6.07, 6.45) is 3.11. The molecule has 0 aliphatic heterocycles. The Labute approximate surface area is 133 Å². The van der Waals surface area contributed by atoms with Crippen LogP contribution < -0.4 is 0 Å². The maximum absolute atomic E-state index is 11.4. The molecule has 21 heavy (non-hydrogen) atoms. The van der Waals surface area contributed by atoms with Crippen LogP contribution in [0.4, 0.5) is 0 Å². The van der Waals surface area contributed by atoms with Crippen LogP contribution in [0.25, 0.3) is 0 Å². The molecule has 0 aliphatic rings. The summed E-state index contributed by atoms with van der Waals surface area (Å²) in [5.41, 5.74) is 0. The molecule has 0 aromatic carbocycles. The van der Waals surface area contributed by atoms with Crippen molar-refractivity contribution in [1.82, 2.24) is 0 Å². The Morgan fingerprint density at radius 2 is 1.10 bits per heavy atom. The smallest absolute Gasteiger partial charge is 0.313 e. The molecule has 0 amide bonds. The number of hydrogen-bond acceptors (Lipinski definition) is 7. The molecule has 0 aromatic rings. The van der Waals surface area contributed by atoms with Crippen LogP contribution >= 0.6 is 23.5 Å². The van der Waals surface area contributed by atoms with Crippen molar-refractivity contribution in [3.8, 4) is 0 Å². The third kappa shape index (κ3) is 15.4. The maximum atomic E-state index is 11.4. The van der Waals surface area contributed by atoms with Crippen molar-refractivity contribution in [2.45, 2.75) is 52.4 Å². The van der Waals surface area contributed by atoms with Crippen LogP contribution in [0.3, 0.4) is 0 Å². The zero-order valence-electron chi connectivity index (χ0n) is 12.5. The molecule has 0 rings (SSSR count). The molecule has 7 heteroatoms. The van der Waals surface area contributed by atoms with E-state index in [0.29, 0.717) is 24.3 Å². The lowest BCUT2D eigenvalue weighted by Gasteiger charge is -2.03. The highest BCUT2D eigenvalue weighted by atomic mass is 32.2. The number of ether oxygens (including phenoxy) is 1. The van der Waals surface area contributed by atoms with Crippen LogP contribution in [0.1, 0.15) is 52.4 Å². The molecule has 0 heterocycles. The fourth-order valence-corrected chi connectivity index (χ4v) is 2.68. The van der Waals surface area contributed by atoms with E-state index in [4.69, 9.17) is 0 Å². The van der Waals surface area contributed by atoms with Gasteiger partial charge in [-0.25, -0.2) is 0 Å². The molecule has 0 saturated heterocycles. The zero-order valence-corrected chi connectivity index (χ0v) is 14.1. The normalized spacial score (nSPS) is 10.2. The topological polar surface area (TPSA) is 77.5 Å². The first kappa shape index (κ1) is 20.2. The predicted octanol–water partition coefficient (Wildman–Crippen LogP) is 2.96. The van der Waals surface area contributed by atoms with E-state index in [9.17, 15) is 19.2 Å². The van der Waals surface area contributed by atoms with Gasteiger partial charge in [-0.1, -0.05) is 23.5 Å². The van der Waals surface area contributed by atoms with E-state index in [0.717, 1.165) is 12.8 Å². The minimum Gasteiger partial charge on any atom is -0.393 e. The predicted molar refractivity (Wildman–Crippen MR) is 85.1 cm³/mol. The summed E-state index contributed by atoms with van der Waals surface area (Å²) >= 11 is 2.46. The van der Waals surface area contributed by atoms with E-state index in [-0.39, 0.29) is 23.1 Å². The van der Waals surface area contributed by atoms with Crippen molar-refractivity contribution in [1.29, 1.82) is 0 Å². The van der Waals surface area contributed by atoms with Crippen molar-refractivity contribution < 1.29 is 23.9 Å². The van der Waals surface area contributed by atoms with Crippen LogP contribution in [0, 0.1) is 0 Å². The molecule has 5 nitrogen and oxygen atoms in total. The van der Waals surface area contributed by atoms with Crippen LogP contribution in [0.5, 0.6) is 0 Å². The van der Waals surface area contributed by atoms with E-state index in [2.05, 4.69) is 4.74 Å². The van der Waals surface area contributed by atoms with Crippen LogP contribution in [0.2, 0.25) is 0 Å². The number of carbonyl (C=O) groups is 4. The van der Waals surface area contributed by atoms with Crippen LogP contribution in [0.15, 0.2) is 0 Å². The molecule has 0 unspecified atom stereocenters. The van der Waals surface area contributed by atoms with Gasteiger partial charge in [-0.05, 0) is 25.7 Å². The molecule has 0 atom stereocenters. The van der Waals surface area contributed by atoms with Gasteiger partial charge in [0, 0.05) is 38.2 Å². The van der Waals surface area contributed by atoms with E-state index in [1.165, 1.54) is 37.4 Å². The van der Waals surface area contributed by atoms with Gasteiger partial charge in [0.05, 0.1) is 0 Å². The number of hydrogen-bond donors (Lipinski definition) is 0. The monoisotopic (exact) mass is 334 g/mol. The number of thioether (sulfide) groups is 2. The Balaban J connectivity index is 3.50. The largest absolute Gasteiger partial charge is 0.393 e. The molecule has 0 saturated carbocycles. The van der Waals surface area contributed by atoms with Crippen LogP contribution in [-0.2, 0) is 23.9 Å². The Morgan fingerprint density at radius 3 is 1.43 bits per heavy atom. The lowest BCUT2D eigenvalue weighted by atomic mass is 10.2. The number of rotatable bonds is 10. The van der Waals surface area contributed by atoms with Gasteiger partial charge in [-0.3, -0.25) is 19.2 Å². The van der Waals surface area contributed by atoms with Crippen molar-refractivity contribution in [2.24, 2.45) is 0 Å². The van der Waals surface area contributed by atoms with Crippen molar-refractivity contribution in [2.75, 3.05) is 11.5 Å². The summed E-state index contributed by atoms with van der Waals surface area (Å²) in [6.45, 7) is 3.01. The van der Waals surface area contributed by atoms with E-state index < -0.39 is 11.9 Å². The molecule has 0 aromatic heterocycles. The Bertz CT molecular complexity index is 334. The molecule has 0 bridgehead atoms. The second kappa shape index (κ2) is 12.9. The second-order valence-electron chi connectivity index (χ2n) is 4.44. The van der Waals surface area contributed by atoms with Gasteiger partial charge >= 0.3 is 11.9 Å². The Morgan fingerprint density at radius 1 is 0.714 bits per heavy atom. The molecule has 120 valence electrons. The van der Waals surface area contributed by atoms with E-state index >= 15 is 0 Å². The number of unbranched alkanes of at least 4 members (excludes halogenated alkanes) is 2. The fraction of sp³-hybridized carbons (Fsp3) is 0.714. The maximum Gasteiger partial charge on any atom is 0.313 e. The summed E-state index contributed by atoms with van der Waals surface area (Å²) in [5, 5.41) is 0.131. The second-order valence-corrected chi connectivity index (χ2v) is 6.98. The number of carbonyl (C=O) groups excluding carboxylic acids is 4.